The van der Waals surface area contributed by atoms with Gasteiger partial charge in [0.05, 0.1) is 12.5 Å². The Hall–Kier alpha value is -1.44. The number of esters is 1. The normalized spacial score (nSPS) is 17.3. The third-order valence-electron chi connectivity index (χ3n) is 3.94. The summed E-state index contributed by atoms with van der Waals surface area (Å²) < 4.78 is 173. The minimum atomic E-state index is -7.96. The lowest BCUT2D eigenvalue weighted by atomic mass is 9.82. The maximum atomic E-state index is 13.9. The Bertz CT molecular complexity index is 567. The molecule has 0 aromatic carbocycles. The van der Waals surface area contributed by atoms with Gasteiger partial charge in [0.1, 0.15) is 0 Å². The van der Waals surface area contributed by atoms with E-state index in [1.54, 1.807) is 0 Å². The maximum absolute atomic E-state index is 13.9. The summed E-state index contributed by atoms with van der Waals surface area (Å²) in [5, 5.41) is 0. The number of carbonyl (C=O) groups is 1. The monoisotopic (exact) mass is 448 g/mol. The smallest absolute Gasteiger partial charge is 0.460 e. The van der Waals surface area contributed by atoms with E-state index in [4.69, 9.17) is 0 Å². The first-order valence-corrected chi connectivity index (χ1v) is 7.18. The van der Waals surface area contributed by atoms with Crippen molar-refractivity contribution in [1.29, 1.82) is 0 Å². The second kappa shape index (κ2) is 7.43. The molecule has 0 aromatic heterocycles. The number of carbonyl (C=O) groups excluding carboxylic acids is 1. The maximum Gasteiger partial charge on any atom is 0.460 e. The Morgan fingerprint density at radius 1 is 0.714 bits per heavy atom. The summed E-state index contributed by atoms with van der Waals surface area (Å²) in [5.41, 5.74) is 0. The molecule has 2 nitrogen and oxygen atoms in total. The summed E-state index contributed by atoms with van der Waals surface area (Å²) in [5.74, 6) is -44.6. The van der Waals surface area contributed by atoms with Crippen LogP contribution in [0.15, 0.2) is 0 Å². The first kappa shape index (κ1) is 26.6. The van der Waals surface area contributed by atoms with Crippen molar-refractivity contribution < 1.29 is 66.6 Å². The van der Waals surface area contributed by atoms with Crippen LogP contribution in [0.3, 0.4) is 0 Å². The van der Waals surface area contributed by atoms with Crippen LogP contribution < -0.4 is 0 Å². The zero-order valence-corrected chi connectivity index (χ0v) is 14.1. The van der Waals surface area contributed by atoms with Crippen LogP contribution in [0.1, 0.15) is 20.8 Å². The molecule has 2 unspecified atom stereocenters. The molecular formula is C13H13F13O2. The van der Waals surface area contributed by atoms with Crippen LogP contribution in [0.25, 0.3) is 0 Å². The average Bonchev–Trinajstić information content (AvgIpc) is 2.51. The van der Waals surface area contributed by atoms with Gasteiger partial charge in [0, 0.05) is 5.92 Å². The van der Waals surface area contributed by atoms with Crippen molar-refractivity contribution in [2.24, 2.45) is 11.8 Å². The highest BCUT2D eigenvalue weighted by Gasteiger charge is 2.91. The predicted octanol–water partition coefficient (Wildman–Crippen LogP) is 5.56. The molecule has 0 rings (SSSR count). The molecule has 0 fully saturated rings. The molecule has 0 amide bonds. The molecule has 0 aliphatic rings. The van der Waals surface area contributed by atoms with Gasteiger partial charge < -0.3 is 4.74 Å². The topological polar surface area (TPSA) is 26.3 Å². The first-order chi connectivity index (χ1) is 12.1. The van der Waals surface area contributed by atoms with Gasteiger partial charge in [-0.1, -0.05) is 13.8 Å². The van der Waals surface area contributed by atoms with Crippen LogP contribution in [-0.2, 0) is 9.53 Å². The number of halogens is 13. The summed E-state index contributed by atoms with van der Waals surface area (Å²) in [6.07, 6.45) is -7.46. The zero-order chi connectivity index (χ0) is 23.1. The van der Waals surface area contributed by atoms with Crippen LogP contribution in [-0.4, -0.2) is 48.4 Å². The molecule has 2 atom stereocenters. The van der Waals surface area contributed by atoms with Gasteiger partial charge in [-0.25, -0.2) is 0 Å². The molecule has 28 heavy (non-hydrogen) atoms. The highest BCUT2D eigenvalue weighted by Crippen LogP contribution is 2.61. The van der Waals surface area contributed by atoms with Gasteiger partial charge in [-0.3, -0.25) is 4.79 Å². The van der Waals surface area contributed by atoms with E-state index in [0.717, 1.165) is 6.92 Å². The fourth-order valence-corrected chi connectivity index (χ4v) is 1.86. The molecule has 0 aliphatic carbocycles. The largest absolute Gasteiger partial charge is 0.466 e. The van der Waals surface area contributed by atoms with Crippen molar-refractivity contribution >= 4 is 5.97 Å². The van der Waals surface area contributed by atoms with Crippen LogP contribution in [0.4, 0.5) is 57.1 Å². The second-order valence-corrected chi connectivity index (χ2v) is 5.75. The average molecular weight is 448 g/mol. The second-order valence-electron chi connectivity index (χ2n) is 5.75. The zero-order valence-electron chi connectivity index (χ0n) is 14.1. The summed E-state index contributed by atoms with van der Waals surface area (Å²) in [6, 6.07) is 0. The van der Waals surface area contributed by atoms with Gasteiger partial charge in [-0.05, 0) is 6.92 Å². The highest BCUT2D eigenvalue weighted by molar-refractivity contribution is 5.72. The van der Waals surface area contributed by atoms with Crippen molar-refractivity contribution in [2.75, 3.05) is 6.61 Å². The molecular weight excluding hydrogens is 435 g/mol. The molecule has 0 aromatic rings. The lowest BCUT2D eigenvalue weighted by Gasteiger charge is -2.41. The molecule has 0 radical (unpaired) electrons. The number of hydrogen-bond acceptors (Lipinski definition) is 2. The molecule has 0 spiro atoms. The Morgan fingerprint density at radius 2 is 1.07 bits per heavy atom. The minimum Gasteiger partial charge on any atom is -0.466 e. The predicted molar refractivity (Wildman–Crippen MR) is 65.8 cm³/mol. The lowest BCUT2D eigenvalue weighted by molar-refractivity contribution is -0.443. The fourth-order valence-electron chi connectivity index (χ4n) is 1.86. The molecule has 0 saturated carbocycles. The van der Waals surface area contributed by atoms with Crippen molar-refractivity contribution in [1.82, 2.24) is 0 Å². The summed E-state index contributed by atoms with van der Waals surface area (Å²) >= 11 is 0. The molecule has 0 bridgehead atoms. The summed E-state index contributed by atoms with van der Waals surface area (Å²) in [4.78, 5) is 11.3. The van der Waals surface area contributed by atoms with Gasteiger partial charge in [0.2, 0.25) is 0 Å². The SMILES string of the molecule is CCOC(=O)C(C)C(C)C(F)(F)C(F)(F)C(F)(F)C(F)(F)C(F)(F)C(F)(F)F. The van der Waals surface area contributed by atoms with E-state index in [9.17, 15) is 61.9 Å². The van der Waals surface area contributed by atoms with Crippen molar-refractivity contribution in [3.63, 3.8) is 0 Å². The summed E-state index contributed by atoms with van der Waals surface area (Å²) in [6.45, 7) is 1.11. The van der Waals surface area contributed by atoms with Gasteiger partial charge in [0.15, 0.2) is 0 Å². The standard InChI is InChI=1S/C13H13F13O2/c1-4-28-7(27)5(2)6(3)8(14,15)9(16,17)10(18,19)11(20,21)12(22,23)13(24,25)26/h5-6H,4H2,1-3H3. The third kappa shape index (κ3) is 3.72. The molecule has 0 aliphatic heterocycles. The number of hydrogen-bond donors (Lipinski definition) is 0. The van der Waals surface area contributed by atoms with Gasteiger partial charge >= 0.3 is 41.8 Å². The third-order valence-corrected chi connectivity index (χ3v) is 3.94. The molecule has 168 valence electrons. The quantitative estimate of drug-likeness (QED) is 0.359. The lowest BCUT2D eigenvalue weighted by Crippen LogP contribution is -2.71. The van der Waals surface area contributed by atoms with Gasteiger partial charge in [-0.15, -0.1) is 0 Å². The van der Waals surface area contributed by atoms with E-state index < -0.39 is 60.2 Å². The van der Waals surface area contributed by atoms with E-state index in [-0.39, 0.29) is 6.92 Å². The number of alkyl halides is 13. The van der Waals surface area contributed by atoms with Gasteiger partial charge in [-0.2, -0.15) is 57.1 Å². The Kier molecular flexibility index (Phi) is 7.05. The van der Waals surface area contributed by atoms with Crippen LogP contribution in [0.5, 0.6) is 0 Å². The Labute approximate surface area is 149 Å². The fraction of sp³-hybridized carbons (Fsp3) is 0.923. The molecule has 15 heteroatoms. The van der Waals surface area contributed by atoms with E-state index >= 15 is 0 Å². The van der Waals surface area contributed by atoms with Crippen molar-refractivity contribution in [2.45, 2.75) is 56.6 Å². The van der Waals surface area contributed by atoms with Crippen LogP contribution in [0.2, 0.25) is 0 Å². The molecule has 0 saturated heterocycles. The highest BCUT2D eigenvalue weighted by atomic mass is 19.4. The van der Waals surface area contributed by atoms with Crippen LogP contribution in [0, 0.1) is 11.8 Å². The molecule has 0 N–H and O–H groups in total. The van der Waals surface area contributed by atoms with Crippen molar-refractivity contribution in [3.05, 3.63) is 0 Å². The Morgan fingerprint density at radius 3 is 1.39 bits per heavy atom. The van der Waals surface area contributed by atoms with E-state index in [0.29, 0.717) is 6.92 Å². The Balaban J connectivity index is 6.28. The number of rotatable bonds is 8. The number of ether oxygens (including phenoxy) is 1. The van der Waals surface area contributed by atoms with E-state index in [1.807, 2.05) is 0 Å². The molecule has 0 heterocycles. The minimum absolute atomic E-state index is 0.00558. The van der Waals surface area contributed by atoms with E-state index in [2.05, 4.69) is 4.74 Å². The first-order valence-electron chi connectivity index (χ1n) is 7.18. The van der Waals surface area contributed by atoms with Crippen molar-refractivity contribution in [3.8, 4) is 0 Å². The van der Waals surface area contributed by atoms with Gasteiger partial charge in [0.25, 0.3) is 0 Å². The van der Waals surface area contributed by atoms with E-state index in [1.165, 1.54) is 0 Å². The van der Waals surface area contributed by atoms with Crippen LogP contribution >= 0.6 is 0 Å². The summed E-state index contributed by atoms with van der Waals surface area (Å²) in [7, 11) is 0.